The highest BCUT2D eigenvalue weighted by molar-refractivity contribution is 7.10. The lowest BCUT2D eigenvalue weighted by molar-refractivity contribution is 0.0942. The van der Waals surface area contributed by atoms with Crippen molar-refractivity contribution in [3.8, 4) is 0 Å². The number of rotatable bonds is 12. The van der Waals surface area contributed by atoms with E-state index in [1.807, 2.05) is 56.3 Å². The van der Waals surface area contributed by atoms with E-state index in [9.17, 15) is 14.4 Å². The maximum absolute atomic E-state index is 12.3. The summed E-state index contributed by atoms with van der Waals surface area (Å²) in [7, 11) is 0. The van der Waals surface area contributed by atoms with Gasteiger partial charge in [0.1, 0.15) is 21.6 Å². The van der Waals surface area contributed by atoms with E-state index < -0.39 is 11.8 Å². The third-order valence-corrected chi connectivity index (χ3v) is 11.1. The number of carbonyl (C=O) groups is 3. The summed E-state index contributed by atoms with van der Waals surface area (Å²) in [5, 5.41) is 10.8. The standard InChI is InChI=1S/C22H25N7O2S.C15H21N7OS.ClH/c1-14-11-18(32-28-14)27-21-19(20(23)30)24-13-17(26-21)29-9-7-15(8-10-29)12-25-22(31)16-5-3-2-4-6-16;1-9-6-12(24-21-9)20-15-13(14(17)23)18-8-11(19-15)22-4-2-10(7-16)3-5-22;/h2-6,11,13,15H,7-10,12H2,1H3,(H2,23,30)(H,25,31)(H,26,27);6,8,10H,2-5,7,16H2,1H3,(H2,17,23)(H,19,20);1H. The lowest BCUT2D eigenvalue weighted by Gasteiger charge is -2.33. The number of hydrogen-bond donors (Lipinski definition) is 6. The van der Waals surface area contributed by atoms with Crippen LogP contribution in [0.15, 0.2) is 54.9 Å². The normalized spacial score (nSPS) is 14.5. The van der Waals surface area contributed by atoms with Crippen LogP contribution in [0.2, 0.25) is 0 Å². The van der Waals surface area contributed by atoms with E-state index in [0.717, 1.165) is 85.6 Å². The van der Waals surface area contributed by atoms with Crippen molar-refractivity contribution in [2.45, 2.75) is 39.5 Å². The fourth-order valence-electron chi connectivity index (χ4n) is 6.37. The Bertz CT molecular complexity index is 2120. The molecular formula is C37H47ClN14O3S2. The molecule has 0 atom stereocenters. The minimum Gasteiger partial charge on any atom is -0.364 e. The van der Waals surface area contributed by atoms with E-state index in [-0.39, 0.29) is 29.7 Å². The van der Waals surface area contributed by atoms with E-state index in [1.165, 1.54) is 23.1 Å². The second kappa shape index (κ2) is 20.1. The molecular weight excluding hydrogens is 788 g/mol. The second-order valence-corrected chi connectivity index (χ2v) is 15.3. The molecule has 0 unspecified atom stereocenters. The number of nitrogens with one attached hydrogen (secondary N) is 3. The van der Waals surface area contributed by atoms with Crippen molar-refractivity contribution in [3.63, 3.8) is 0 Å². The van der Waals surface area contributed by atoms with Crippen LogP contribution in [0.4, 0.5) is 33.3 Å². The molecule has 0 radical (unpaired) electrons. The molecule has 0 bridgehead atoms. The summed E-state index contributed by atoms with van der Waals surface area (Å²) in [4.78, 5) is 57.6. The van der Waals surface area contributed by atoms with Crippen LogP contribution in [0.25, 0.3) is 0 Å². The van der Waals surface area contributed by atoms with Crippen LogP contribution in [0.5, 0.6) is 0 Å². The number of aromatic nitrogens is 6. The highest BCUT2D eigenvalue weighted by atomic mass is 35.5. The summed E-state index contributed by atoms with van der Waals surface area (Å²) in [5.74, 6) is 1.78. The molecule has 3 amide bonds. The Morgan fingerprint density at radius 3 is 1.60 bits per heavy atom. The summed E-state index contributed by atoms with van der Waals surface area (Å²) in [6.07, 6.45) is 7.10. The average Bonchev–Trinajstić information content (AvgIpc) is 3.83. The average molecular weight is 835 g/mol. The molecule has 0 saturated carbocycles. The number of aryl methyl sites for hydroxylation is 2. The van der Waals surface area contributed by atoms with Gasteiger partial charge in [0.2, 0.25) is 0 Å². The lowest BCUT2D eigenvalue weighted by atomic mass is 9.96. The smallest absolute Gasteiger partial charge is 0.271 e. The highest BCUT2D eigenvalue weighted by Crippen LogP contribution is 2.28. The van der Waals surface area contributed by atoms with Gasteiger partial charge < -0.3 is 43.0 Å². The highest BCUT2D eigenvalue weighted by Gasteiger charge is 2.24. The molecule has 2 aliphatic heterocycles. The number of carbonyl (C=O) groups excluding carboxylic acids is 3. The van der Waals surface area contributed by atoms with E-state index in [1.54, 1.807) is 12.4 Å². The maximum atomic E-state index is 12.3. The fraction of sp³-hybridized carbons (Fsp3) is 0.378. The van der Waals surface area contributed by atoms with Gasteiger partial charge in [-0.2, -0.15) is 8.75 Å². The third-order valence-electron chi connectivity index (χ3n) is 9.52. The molecule has 20 heteroatoms. The molecule has 0 spiro atoms. The first-order valence-electron chi connectivity index (χ1n) is 18.3. The van der Waals surface area contributed by atoms with Crippen molar-refractivity contribution in [1.29, 1.82) is 0 Å². The van der Waals surface area contributed by atoms with Gasteiger partial charge in [0.15, 0.2) is 23.0 Å². The van der Waals surface area contributed by atoms with Crippen LogP contribution < -0.4 is 43.0 Å². The first-order valence-corrected chi connectivity index (χ1v) is 19.9. The Kier molecular flexibility index (Phi) is 15.0. The van der Waals surface area contributed by atoms with Gasteiger partial charge >= 0.3 is 0 Å². The summed E-state index contributed by atoms with van der Waals surface area (Å²) in [6, 6.07) is 13.0. The zero-order valence-electron chi connectivity index (χ0n) is 31.7. The predicted molar refractivity (Wildman–Crippen MR) is 226 cm³/mol. The first kappa shape index (κ1) is 42.6. The van der Waals surface area contributed by atoms with Gasteiger partial charge in [-0.25, -0.2) is 19.9 Å². The Labute approximate surface area is 345 Å². The van der Waals surface area contributed by atoms with Gasteiger partial charge in [-0.3, -0.25) is 14.4 Å². The Morgan fingerprint density at radius 1 is 0.737 bits per heavy atom. The van der Waals surface area contributed by atoms with E-state index in [2.05, 4.69) is 54.4 Å². The number of nitrogens with two attached hydrogens (primary N) is 3. The first-order chi connectivity index (χ1) is 27.1. The van der Waals surface area contributed by atoms with Crippen molar-refractivity contribution in [1.82, 2.24) is 34.0 Å². The number of primary amides is 2. The number of amides is 3. The minimum absolute atomic E-state index is 0. The van der Waals surface area contributed by atoms with Gasteiger partial charge in [0.25, 0.3) is 17.7 Å². The summed E-state index contributed by atoms with van der Waals surface area (Å²) < 4.78 is 8.44. The molecule has 0 aliphatic carbocycles. The molecule has 17 nitrogen and oxygen atoms in total. The van der Waals surface area contributed by atoms with Crippen LogP contribution in [-0.2, 0) is 0 Å². The third kappa shape index (κ3) is 11.5. The van der Waals surface area contributed by atoms with Gasteiger partial charge in [0.05, 0.1) is 23.8 Å². The molecule has 7 rings (SSSR count). The van der Waals surface area contributed by atoms with Crippen molar-refractivity contribution in [3.05, 3.63) is 83.2 Å². The predicted octanol–water partition coefficient (Wildman–Crippen LogP) is 4.41. The summed E-state index contributed by atoms with van der Waals surface area (Å²) >= 11 is 2.58. The largest absolute Gasteiger partial charge is 0.364 e. The van der Waals surface area contributed by atoms with Crippen LogP contribution in [0, 0.1) is 25.7 Å². The molecule has 2 fully saturated rings. The fourth-order valence-corrected chi connectivity index (χ4v) is 7.69. The zero-order chi connectivity index (χ0) is 39.6. The van der Waals surface area contributed by atoms with Crippen molar-refractivity contribution in [2.75, 3.05) is 59.7 Å². The van der Waals surface area contributed by atoms with Gasteiger partial charge in [0, 0.05) is 38.3 Å². The SMILES string of the molecule is Cc1cc(Nc2nc(N3CCC(CN)CC3)cnc2C(N)=O)sn1.Cc1cc(Nc2nc(N3CCC(CNC(=O)c4ccccc4)CC3)cnc2C(N)=O)sn1.Cl. The molecule has 2 saturated heterocycles. The lowest BCUT2D eigenvalue weighted by Crippen LogP contribution is -2.39. The molecule has 1 aromatic carbocycles. The van der Waals surface area contributed by atoms with E-state index in [4.69, 9.17) is 17.2 Å². The quantitative estimate of drug-likeness (QED) is 0.102. The Balaban J connectivity index is 0.000000222. The molecule has 57 heavy (non-hydrogen) atoms. The molecule has 6 heterocycles. The molecule has 5 aromatic rings. The van der Waals surface area contributed by atoms with Gasteiger partial charge in [-0.15, -0.1) is 12.4 Å². The number of anilines is 6. The Hall–Kier alpha value is -5.50. The van der Waals surface area contributed by atoms with Crippen molar-refractivity contribution < 1.29 is 14.4 Å². The van der Waals surface area contributed by atoms with Crippen molar-refractivity contribution >= 4 is 86.5 Å². The number of nitrogens with zero attached hydrogens (tertiary/aromatic N) is 8. The minimum atomic E-state index is -0.638. The zero-order valence-corrected chi connectivity index (χ0v) is 34.1. The van der Waals surface area contributed by atoms with Crippen LogP contribution in [-0.4, -0.2) is 85.7 Å². The van der Waals surface area contributed by atoms with Crippen LogP contribution >= 0.6 is 35.5 Å². The van der Waals surface area contributed by atoms with E-state index >= 15 is 0 Å². The monoisotopic (exact) mass is 834 g/mol. The van der Waals surface area contributed by atoms with Crippen molar-refractivity contribution in [2.24, 2.45) is 29.0 Å². The number of halogens is 1. The maximum Gasteiger partial charge on any atom is 0.271 e. The Morgan fingerprint density at radius 2 is 1.19 bits per heavy atom. The number of piperidine rings is 2. The van der Waals surface area contributed by atoms with Gasteiger partial charge in [-0.05, 0) is 105 Å². The van der Waals surface area contributed by atoms with Gasteiger partial charge in [-0.1, -0.05) is 18.2 Å². The second-order valence-electron chi connectivity index (χ2n) is 13.7. The number of benzene rings is 1. The molecule has 302 valence electrons. The molecule has 9 N–H and O–H groups in total. The van der Waals surface area contributed by atoms with E-state index in [0.29, 0.717) is 41.4 Å². The molecule has 2 aliphatic rings. The summed E-state index contributed by atoms with van der Waals surface area (Å²) in [6.45, 7) is 8.50. The van der Waals surface area contributed by atoms with Crippen LogP contribution in [0.3, 0.4) is 0 Å². The molecule has 4 aromatic heterocycles. The number of hydrogen-bond acceptors (Lipinski definition) is 16. The summed E-state index contributed by atoms with van der Waals surface area (Å²) in [5.41, 5.74) is 19.3. The van der Waals surface area contributed by atoms with Crippen LogP contribution in [0.1, 0.15) is 68.4 Å². The topological polar surface area (TPSA) is 249 Å².